The van der Waals surface area contributed by atoms with E-state index in [0.29, 0.717) is 25.9 Å². The van der Waals surface area contributed by atoms with Crippen LogP contribution in [0.2, 0.25) is 0 Å². The molecule has 1 aliphatic carbocycles. The predicted octanol–water partition coefficient (Wildman–Crippen LogP) is 1.86. The van der Waals surface area contributed by atoms with E-state index in [0.717, 1.165) is 0 Å². The lowest BCUT2D eigenvalue weighted by molar-refractivity contribution is -0.183. The van der Waals surface area contributed by atoms with Crippen molar-refractivity contribution < 1.29 is 9.84 Å². The quantitative estimate of drug-likeness (QED) is 0.748. The van der Waals surface area contributed by atoms with Gasteiger partial charge in [0.15, 0.2) is 0 Å². The molecule has 0 aromatic heterocycles. The van der Waals surface area contributed by atoms with Crippen molar-refractivity contribution in [2.24, 2.45) is 5.41 Å². The first-order valence-corrected chi connectivity index (χ1v) is 5.26. The van der Waals surface area contributed by atoms with Crippen LogP contribution < -0.4 is 0 Å². The first-order chi connectivity index (χ1) is 6.51. The third kappa shape index (κ3) is 1.65. The summed E-state index contributed by atoms with van der Waals surface area (Å²) < 4.78 is 5.39. The van der Waals surface area contributed by atoms with Crippen LogP contribution in [0, 0.1) is 16.7 Å². The molecule has 1 saturated carbocycles. The van der Waals surface area contributed by atoms with Gasteiger partial charge in [-0.25, -0.2) is 0 Å². The molecule has 1 fully saturated rings. The molecule has 0 spiro atoms. The lowest BCUT2D eigenvalue weighted by Crippen LogP contribution is -2.58. The van der Waals surface area contributed by atoms with Gasteiger partial charge in [0.25, 0.3) is 0 Å². The second kappa shape index (κ2) is 3.88. The van der Waals surface area contributed by atoms with Gasteiger partial charge in [-0.2, -0.15) is 5.26 Å². The van der Waals surface area contributed by atoms with Crippen LogP contribution in [0.15, 0.2) is 0 Å². The van der Waals surface area contributed by atoms with Gasteiger partial charge in [0, 0.05) is 19.4 Å². The molecule has 1 unspecified atom stereocenters. The number of nitriles is 1. The maximum atomic E-state index is 10.2. The summed E-state index contributed by atoms with van der Waals surface area (Å²) in [6.07, 6.45) is 2.01. The van der Waals surface area contributed by atoms with Crippen LogP contribution >= 0.6 is 0 Å². The fraction of sp³-hybridized carbons (Fsp3) is 0.909. The summed E-state index contributed by atoms with van der Waals surface area (Å²) in [5.41, 5.74) is -1.46. The average molecular weight is 197 g/mol. The van der Waals surface area contributed by atoms with E-state index in [1.807, 2.05) is 20.8 Å². The number of aliphatic hydroxyl groups is 1. The van der Waals surface area contributed by atoms with Gasteiger partial charge in [-0.05, 0) is 20.3 Å². The van der Waals surface area contributed by atoms with Crippen LogP contribution in [0.4, 0.5) is 0 Å². The summed E-state index contributed by atoms with van der Waals surface area (Å²) in [5, 5.41) is 19.3. The number of ether oxygens (including phenoxy) is 1. The fourth-order valence-electron chi connectivity index (χ4n) is 2.01. The van der Waals surface area contributed by atoms with Gasteiger partial charge in [-0.15, -0.1) is 0 Å². The van der Waals surface area contributed by atoms with Crippen LogP contribution in [0.3, 0.4) is 0 Å². The van der Waals surface area contributed by atoms with E-state index in [4.69, 9.17) is 10.00 Å². The van der Waals surface area contributed by atoms with E-state index >= 15 is 0 Å². The van der Waals surface area contributed by atoms with Gasteiger partial charge in [0.1, 0.15) is 0 Å². The molecule has 1 N–H and O–H groups in total. The lowest BCUT2D eigenvalue weighted by Gasteiger charge is -2.50. The second-order valence-corrected chi connectivity index (χ2v) is 4.31. The van der Waals surface area contributed by atoms with Crippen LogP contribution in [-0.4, -0.2) is 23.4 Å². The van der Waals surface area contributed by atoms with Crippen molar-refractivity contribution in [3.05, 3.63) is 0 Å². The van der Waals surface area contributed by atoms with Gasteiger partial charge in [0.2, 0.25) is 0 Å². The molecule has 14 heavy (non-hydrogen) atoms. The molecule has 0 bridgehead atoms. The number of hydrogen-bond acceptors (Lipinski definition) is 3. The predicted molar refractivity (Wildman–Crippen MR) is 53.6 cm³/mol. The molecule has 0 aliphatic heterocycles. The summed E-state index contributed by atoms with van der Waals surface area (Å²) in [6.45, 7) is 6.39. The maximum absolute atomic E-state index is 10.2. The summed E-state index contributed by atoms with van der Waals surface area (Å²) in [6, 6.07) is 2.23. The number of hydrogen-bond donors (Lipinski definition) is 1. The van der Waals surface area contributed by atoms with Crippen molar-refractivity contribution in [1.29, 1.82) is 5.26 Å². The molecular formula is C11H19NO2. The second-order valence-electron chi connectivity index (χ2n) is 4.31. The number of nitrogens with zero attached hydrogens (tertiary/aromatic N) is 1. The van der Waals surface area contributed by atoms with E-state index < -0.39 is 11.0 Å². The van der Waals surface area contributed by atoms with Gasteiger partial charge < -0.3 is 9.84 Å². The van der Waals surface area contributed by atoms with Crippen molar-refractivity contribution in [3.63, 3.8) is 0 Å². The maximum Gasteiger partial charge on any atom is 0.0879 e. The number of rotatable bonds is 4. The van der Waals surface area contributed by atoms with Crippen LogP contribution in [0.5, 0.6) is 0 Å². The van der Waals surface area contributed by atoms with E-state index in [2.05, 4.69) is 6.07 Å². The lowest BCUT2D eigenvalue weighted by atomic mass is 9.60. The van der Waals surface area contributed by atoms with Gasteiger partial charge >= 0.3 is 0 Å². The normalized spacial score (nSPS) is 35.5. The van der Waals surface area contributed by atoms with E-state index in [-0.39, 0.29) is 6.10 Å². The zero-order chi connectivity index (χ0) is 10.8. The summed E-state index contributed by atoms with van der Waals surface area (Å²) in [5.74, 6) is 0. The van der Waals surface area contributed by atoms with Gasteiger partial charge in [-0.3, -0.25) is 0 Å². The largest absolute Gasteiger partial charge is 0.388 e. The summed E-state index contributed by atoms with van der Waals surface area (Å²) in [7, 11) is 0. The minimum atomic E-state index is -0.837. The topological polar surface area (TPSA) is 53.2 Å². The van der Waals surface area contributed by atoms with Crippen molar-refractivity contribution in [1.82, 2.24) is 0 Å². The zero-order valence-corrected chi connectivity index (χ0v) is 9.21. The minimum Gasteiger partial charge on any atom is -0.388 e. The Balaban J connectivity index is 2.59. The molecule has 1 atom stereocenters. The molecule has 3 heteroatoms. The first-order valence-electron chi connectivity index (χ1n) is 5.26. The van der Waals surface area contributed by atoms with E-state index in [9.17, 15) is 5.11 Å². The molecule has 1 aliphatic rings. The van der Waals surface area contributed by atoms with Crippen LogP contribution in [0.1, 0.15) is 40.0 Å². The standard InChI is InChI=1S/C11H19NO2/c1-4-10(3,8-12)11(13)6-9(7-11)14-5-2/h9,13H,4-7H2,1-3H3. The molecule has 80 valence electrons. The molecule has 0 heterocycles. The highest BCUT2D eigenvalue weighted by atomic mass is 16.5. The Labute approximate surface area is 85.7 Å². The van der Waals surface area contributed by atoms with Crippen molar-refractivity contribution in [2.45, 2.75) is 51.7 Å². The molecule has 0 saturated heterocycles. The van der Waals surface area contributed by atoms with Crippen LogP contribution in [0.25, 0.3) is 0 Å². The molecule has 0 amide bonds. The van der Waals surface area contributed by atoms with E-state index in [1.165, 1.54) is 0 Å². The zero-order valence-electron chi connectivity index (χ0n) is 9.21. The molecule has 0 radical (unpaired) electrons. The Hall–Kier alpha value is -0.590. The van der Waals surface area contributed by atoms with Crippen molar-refractivity contribution >= 4 is 0 Å². The third-order valence-corrected chi connectivity index (χ3v) is 3.51. The molecule has 1 rings (SSSR count). The smallest absolute Gasteiger partial charge is 0.0879 e. The highest BCUT2D eigenvalue weighted by Crippen LogP contribution is 2.48. The highest BCUT2D eigenvalue weighted by molar-refractivity contribution is 5.14. The molecule has 0 aromatic carbocycles. The summed E-state index contributed by atoms with van der Waals surface area (Å²) >= 11 is 0. The first kappa shape index (κ1) is 11.5. The fourth-order valence-corrected chi connectivity index (χ4v) is 2.01. The Morgan fingerprint density at radius 3 is 2.50 bits per heavy atom. The van der Waals surface area contributed by atoms with Gasteiger partial charge in [0.05, 0.1) is 23.2 Å². The molecule has 3 nitrogen and oxygen atoms in total. The SMILES string of the molecule is CCOC1CC(O)(C(C)(C#N)CC)C1. The summed E-state index contributed by atoms with van der Waals surface area (Å²) in [4.78, 5) is 0. The van der Waals surface area contributed by atoms with Gasteiger partial charge in [-0.1, -0.05) is 6.92 Å². The molecular weight excluding hydrogens is 178 g/mol. The third-order valence-electron chi connectivity index (χ3n) is 3.51. The van der Waals surface area contributed by atoms with E-state index in [1.54, 1.807) is 0 Å². The molecule has 0 aromatic rings. The Kier molecular flexibility index (Phi) is 3.18. The minimum absolute atomic E-state index is 0.143. The van der Waals surface area contributed by atoms with Crippen molar-refractivity contribution in [3.8, 4) is 6.07 Å². The Morgan fingerprint density at radius 1 is 1.57 bits per heavy atom. The van der Waals surface area contributed by atoms with Crippen LogP contribution in [-0.2, 0) is 4.74 Å². The highest BCUT2D eigenvalue weighted by Gasteiger charge is 2.55. The monoisotopic (exact) mass is 197 g/mol. The Morgan fingerprint density at radius 2 is 2.14 bits per heavy atom. The average Bonchev–Trinajstić information content (AvgIpc) is 2.14. The van der Waals surface area contributed by atoms with Crippen molar-refractivity contribution in [2.75, 3.05) is 6.61 Å². The Bertz CT molecular complexity index is 240.